The van der Waals surface area contributed by atoms with Crippen LogP contribution in [-0.4, -0.2) is 25.7 Å². The molecule has 1 amide bonds. The minimum atomic E-state index is -0.130. The van der Waals surface area contributed by atoms with Crippen LogP contribution in [0.1, 0.15) is 34.2 Å². The van der Waals surface area contributed by atoms with E-state index in [1.165, 1.54) is 6.20 Å². The minimum absolute atomic E-state index is 0.0691. The lowest BCUT2D eigenvalue weighted by Gasteiger charge is -2.19. The lowest BCUT2D eigenvalue weighted by atomic mass is 10.0. The van der Waals surface area contributed by atoms with Crippen LogP contribution in [0.2, 0.25) is 0 Å². The van der Waals surface area contributed by atoms with E-state index in [1.54, 1.807) is 12.4 Å². The molecule has 2 N–H and O–H groups in total. The predicted octanol–water partition coefficient (Wildman–Crippen LogP) is 2.48. The van der Waals surface area contributed by atoms with Gasteiger partial charge in [0.15, 0.2) is 0 Å². The zero-order valence-corrected chi connectivity index (χ0v) is 12.9. The van der Waals surface area contributed by atoms with Gasteiger partial charge in [0.25, 0.3) is 5.91 Å². The molecule has 0 fully saturated rings. The number of carbonyl (C=O) groups excluding carboxylic acids is 1. The monoisotopic (exact) mass is 309 g/mol. The third-order valence-corrected chi connectivity index (χ3v) is 3.85. The normalized spacial score (nSPS) is 12.0. The second kappa shape index (κ2) is 6.91. The highest BCUT2D eigenvalue weighted by molar-refractivity contribution is 5.93. The number of H-pyrrole nitrogens is 1. The van der Waals surface area contributed by atoms with E-state index in [0.717, 1.165) is 24.4 Å². The molecule has 2 aromatic heterocycles. The van der Waals surface area contributed by atoms with Crippen LogP contribution in [0.3, 0.4) is 0 Å². The maximum atomic E-state index is 12.3. The summed E-state index contributed by atoms with van der Waals surface area (Å²) in [5.74, 6) is 0.841. The van der Waals surface area contributed by atoms with Gasteiger partial charge in [-0.1, -0.05) is 30.3 Å². The van der Waals surface area contributed by atoms with Gasteiger partial charge in [-0.25, -0.2) is 4.98 Å². The number of hydrogen-bond donors (Lipinski definition) is 2. The highest BCUT2D eigenvalue weighted by atomic mass is 16.1. The highest BCUT2D eigenvalue weighted by Crippen LogP contribution is 2.18. The first kappa shape index (κ1) is 15.0. The average Bonchev–Trinajstić information content (AvgIpc) is 3.24. The van der Waals surface area contributed by atoms with Gasteiger partial charge in [-0.05, 0) is 18.9 Å². The number of aromatic amines is 1. The minimum Gasteiger partial charge on any atom is -0.345 e. The van der Waals surface area contributed by atoms with Gasteiger partial charge in [0.1, 0.15) is 5.82 Å². The second-order valence-electron chi connectivity index (χ2n) is 5.38. The number of nitrogens with one attached hydrogen (secondary N) is 2. The van der Waals surface area contributed by atoms with Crippen molar-refractivity contribution in [1.29, 1.82) is 0 Å². The Kier molecular flexibility index (Phi) is 4.52. The van der Waals surface area contributed by atoms with Crippen LogP contribution in [-0.2, 0) is 6.54 Å². The van der Waals surface area contributed by atoms with Gasteiger partial charge in [0, 0.05) is 25.1 Å². The number of benzene rings is 1. The standard InChI is InChI=1S/C17H19N5O/c1-13-18-8-10-22(13)9-7-16(14-5-3-2-4-6-14)21-17(23)15-11-19-20-12-15/h2-6,8,10-12,16H,7,9H2,1H3,(H,19,20)(H,21,23)/t16-/m1/s1. The molecule has 3 aromatic rings. The fourth-order valence-corrected chi connectivity index (χ4v) is 2.53. The Balaban J connectivity index is 1.74. The number of imidazole rings is 1. The molecule has 0 aliphatic carbocycles. The number of nitrogens with zero attached hydrogens (tertiary/aromatic N) is 3. The highest BCUT2D eigenvalue weighted by Gasteiger charge is 2.16. The molecule has 6 nitrogen and oxygen atoms in total. The molecule has 118 valence electrons. The van der Waals surface area contributed by atoms with E-state index in [4.69, 9.17) is 0 Å². The first-order valence-corrected chi connectivity index (χ1v) is 7.56. The van der Waals surface area contributed by atoms with Crippen LogP contribution >= 0.6 is 0 Å². The van der Waals surface area contributed by atoms with Crippen molar-refractivity contribution >= 4 is 5.91 Å². The van der Waals surface area contributed by atoms with Gasteiger partial charge < -0.3 is 9.88 Å². The molecular weight excluding hydrogens is 290 g/mol. The Morgan fingerprint density at radius 2 is 2.17 bits per heavy atom. The third kappa shape index (κ3) is 3.66. The van der Waals surface area contributed by atoms with E-state index in [2.05, 4.69) is 25.1 Å². The van der Waals surface area contributed by atoms with Crippen LogP contribution in [0.25, 0.3) is 0 Å². The number of rotatable bonds is 6. The Morgan fingerprint density at radius 1 is 1.35 bits per heavy atom. The molecular formula is C17H19N5O. The zero-order chi connectivity index (χ0) is 16.1. The Hall–Kier alpha value is -2.89. The lowest BCUT2D eigenvalue weighted by Crippen LogP contribution is -2.29. The SMILES string of the molecule is Cc1nccn1CC[C@@H](NC(=O)c1cn[nH]c1)c1ccccc1. The fourth-order valence-electron chi connectivity index (χ4n) is 2.53. The molecule has 1 atom stereocenters. The topological polar surface area (TPSA) is 75.6 Å². The van der Waals surface area contributed by atoms with E-state index in [0.29, 0.717) is 5.56 Å². The molecule has 0 unspecified atom stereocenters. The van der Waals surface area contributed by atoms with E-state index < -0.39 is 0 Å². The van der Waals surface area contributed by atoms with E-state index in [1.807, 2.05) is 43.5 Å². The van der Waals surface area contributed by atoms with E-state index >= 15 is 0 Å². The third-order valence-electron chi connectivity index (χ3n) is 3.85. The molecule has 0 bridgehead atoms. The van der Waals surface area contributed by atoms with Crippen molar-refractivity contribution < 1.29 is 4.79 Å². The Morgan fingerprint density at radius 3 is 2.83 bits per heavy atom. The molecule has 0 saturated heterocycles. The predicted molar refractivity (Wildman–Crippen MR) is 86.8 cm³/mol. The molecule has 23 heavy (non-hydrogen) atoms. The van der Waals surface area contributed by atoms with E-state index in [-0.39, 0.29) is 11.9 Å². The largest absolute Gasteiger partial charge is 0.345 e. The maximum absolute atomic E-state index is 12.3. The molecule has 0 spiro atoms. The summed E-state index contributed by atoms with van der Waals surface area (Å²) >= 11 is 0. The van der Waals surface area contributed by atoms with Gasteiger partial charge in [-0.15, -0.1) is 0 Å². The van der Waals surface area contributed by atoms with Crippen molar-refractivity contribution in [1.82, 2.24) is 25.1 Å². The number of hydrogen-bond acceptors (Lipinski definition) is 3. The van der Waals surface area contributed by atoms with Gasteiger partial charge in [0.2, 0.25) is 0 Å². The van der Waals surface area contributed by atoms with Crippen molar-refractivity contribution in [2.45, 2.75) is 25.9 Å². The first-order valence-electron chi connectivity index (χ1n) is 7.56. The van der Waals surface area contributed by atoms with Crippen LogP contribution in [0, 0.1) is 6.92 Å². The van der Waals surface area contributed by atoms with Crippen molar-refractivity contribution in [3.05, 3.63) is 72.1 Å². The summed E-state index contributed by atoms with van der Waals surface area (Å²) in [5.41, 5.74) is 1.62. The average molecular weight is 309 g/mol. The second-order valence-corrected chi connectivity index (χ2v) is 5.38. The fraction of sp³-hybridized carbons (Fsp3) is 0.235. The molecule has 0 radical (unpaired) electrons. The smallest absolute Gasteiger partial charge is 0.254 e. The lowest BCUT2D eigenvalue weighted by molar-refractivity contribution is 0.0933. The number of aryl methyl sites for hydroxylation is 2. The summed E-state index contributed by atoms with van der Waals surface area (Å²) < 4.78 is 2.08. The first-order chi connectivity index (χ1) is 11.2. The van der Waals surface area contributed by atoms with Crippen molar-refractivity contribution in [2.24, 2.45) is 0 Å². The quantitative estimate of drug-likeness (QED) is 0.734. The molecule has 1 aromatic carbocycles. The number of aromatic nitrogens is 4. The van der Waals surface area contributed by atoms with Gasteiger partial charge in [-0.2, -0.15) is 5.10 Å². The molecule has 0 aliphatic heterocycles. The van der Waals surface area contributed by atoms with Crippen molar-refractivity contribution in [3.63, 3.8) is 0 Å². The summed E-state index contributed by atoms with van der Waals surface area (Å²) in [6.45, 7) is 2.76. The van der Waals surface area contributed by atoms with Crippen LogP contribution in [0.4, 0.5) is 0 Å². The molecule has 0 saturated carbocycles. The zero-order valence-electron chi connectivity index (χ0n) is 12.9. The number of carbonyl (C=O) groups is 1. The van der Waals surface area contributed by atoms with Crippen molar-refractivity contribution in [2.75, 3.05) is 0 Å². The van der Waals surface area contributed by atoms with E-state index in [9.17, 15) is 4.79 Å². The molecule has 6 heteroatoms. The molecule has 0 aliphatic rings. The summed E-state index contributed by atoms with van der Waals surface area (Å²) in [7, 11) is 0. The summed E-state index contributed by atoms with van der Waals surface area (Å²) in [5, 5.41) is 9.57. The Labute approximate surface area is 134 Å². The molecule has 2 heterocycles. The maximum Gasteiger partial charge on any atom is 0.254 e. The van der Waals surface area contributed by atoms with Gasteiger partial charge in [0.05, 0.1) is 17.8 Å². The molecule has 3 rings (SSSR count). The van der Waals surface area contributed by atoms with Crippen LogP contribution in [0.15, 0.2) is 55.1 Å². The van der Waals surface area contributed by atoms with Crippen LogP contribution in [0.5, 0.6) is 0 Å². The summed E-state index contributed by atoms with van der Waals surface area (Å²) in [6, 6.07) is 9.92. The Bertz CT molecular complexity index is 748. The summed E-state index contributed by atoms with van der Waals surface area (Å²) in [4.78, 5) is 16.6. The summed E-state index contributed by atoms with van der Waals surface area (Å²) in [6.07, 6.45) is 7.64. The van der Waals surface area contributed by atoms with Gasteiger partial charge >= 0.3 is 0 Å². The van der Waals surface area contributed by atoms with Gasteiger partial charge in [-0.3, -0.25) is 9.89 Å². The number of amides is 1. The van der Waals surface area contributed by atoms with Crippen molar-refractivity contribution in [3.8, 4) is 0 Å². The van der Waals surface area contributed by atoms with Crippen LogP contribution < -0.4 is 5.32 Å².